The largest absolute Gasteiger partial charge is 0.428 e. The summed E-state index contributed by atoms with van der Waals surface area (Å²) in [5, 5.41) is 10.7. The second-order valence-electron chi connectivity index (χ2n) is 7.48. The Labute approximate surface area is 196 Å². The van der Waals surface area contributed by atoms with Crippen molar-refractivity contribution < 1.29 is 48.1 Å². The number of ether oxygens (including phenoxy) is 3. The highest BCUT2D eigenvalue weighted by molar-refractivity contribution is 6.01. The van der Waals surface area contributed by atoms with E-state index in [1.54, 1.807) is 0 Å². The fourth-order valence-corrected chi connectivity index (χ4v) is 3.23. The summed E-state index contributed by atoms with van der Waals surface area (Å²) in [6.07, 6.45) is -0.454. The zero-order valence-corrected chi connectivity index (χ0v) is 19.2. The Bertz CT molecular complexity index is 893. The quantitative estimate of drug-likeness (QED) is 0.179. The number of esters is 2. The number of hydroxylamine groups is 2. The van der Waals surface area contributed by atoms with Gasteiger partial charge in [0.05, 0.1) is 12.7 Å². The first kappa shape index (κ1) is 26.7. The van der Waals surface area contributed by atoms with Crippen LogP contribution in [0.25, 0.3) is 0 Å². The molecule has 1 saturated heterocycles. The van der Waals surface area contributed by atoms with Gasteiger partial charge in [-0.3, -0.25) is 24.0 Å². The van der Waals surface area contributed by atoms with Crippen LogP contribution in [0.3, 0.4) is 0 Å². The van der Waals surface area contributed by atoms with Crippen molar-refractivity contribution >= 4 is 29.7 Å². The van der Waals surface area contributed by atoms with Gasteiger partial charge in [-0.15, -0.1) is 0 Å². The zero-order valence-electron chi connectivity index (χ0n) is 19.2. The van der Waals surface area contributed by atoms with Crippen molar-refractivity contribution in [3.05, 3.63) is 29.8 Å². The van der Waals surface area contributed by atoms with Crippen LogP contribution in [0, 0.1) is 0 Å². The van der Waals surface area contributed by atoms with Gasteiger partial charge >= 0.3 is 18.0 Å². The average molecular weight is 480 g/mol. The summed E-state index contributed by atoms with van der Waals surface area (Å²) in [6.45, 7) is 3.01. The van der Waals surface area contributed by atoms with E-state index in [4.69, 9.17) is 14.3 Å². The second-order valence-corrected chi connectivity index (χ2v) is 7.48. The smallest absolute Gasteiger partial charge is 0.412 e. The molecule has 2 rings (SSSR count). The van der Waals surface area contributed by atoms with E-state index < -0.39 is 55.3 Å². The summed E-state index contributed by atoms with van der Waals surface area (Å²) in [5.41, 5.74) is 0.190. The highest BCUT2D eigenvalue weighted by Gasteiger charge is 2.33. The predicted octanol–water partition coefficient (Wildman–Crippen LogP) is 1.06. The molecule has 0 aromatic heterocycles. The molecular formula is C22H28N2O10. The number of aliphatic hydroxyl groups excluding tert-OH is 1. The van der Waals surface area contributed by atoms with E-state index in [-0.39, 0.29) is 24.4 Å². The van der Waals surface area contributed by atoms with E-state index in [2.05, 4.69) is 4.74 Å². The van der Waals surface area contributed by atoms with Gasteiger partial charge in [-0.2, -0.15) is 0 Å². The summed E-state index contributed by atoms with van der Waals surface area (Å²) in [5.74, 6) is -1.96. The van der Waals surface area contributed by atoms with Gasteiger partial charge in [0.25, 0.3) is 0 Å². The highest BCUT2D eigenvalue weighted by Crippen LogP contribution is 2.20. The topological polar surface area (TPSA) is 149 Å². The van der Waals surface area contributed by atoms with E-state index in [1.807, 2.05) is 0 Å². The van der Waals surface area contributed by atoms with Crippen LogP contribution in [0.2, 0.25) is 0 Å². The Morgan fingerprint density at radius 3 is 2.12 bits per heavy atom. The third kappa shape index (κ3) is 7.81. The van der Waals surface area contributed by atoms with Gasteiger partial charge in [0, 0.05) is 39.4 Å². The first-order valence-corrected chi connectivity index (χ1v) is 10.6. The van der Waals surface area contributed by atoms with Crippen LogP contribution < -0.4 is 4.74 Å². The first-order chi connectivity index (χ1) is 16.1. The first-order valence-electron chi connectivity index (χ1n) is 10.6. The standard InChI is InChI=1S/C22H28N2O10/c1-14(26)24(20(12-25)21(29)17-4-6-18(7-5-17)33-16(3)28)34-19-8-10-23(11-9-19)22(30)32-13-31-15(2)27/h4-7,19-20,25H,8-13H2,1-3H3. The molecule has 34 heavy (non-hydrogen) atoms. The molecule has 1 aromatic rings. The van der Waals surface area contributed by atoms with Crippen LogP contribution >= 0.6 is 0 Å². The van der Waals surface area contributed by atoms with Crippen molar-refractivity contribution in [2.45, 2.75) is 45.8 Å². The predicted molar refractivity (Wildman–Crippen MR) is 114 cm³/mol. The summed E-state index contributed by atoms with van der Waals surface area (Å²) < 4.78 is 14.3. The summed E-state index contributed by atoms with van der Waals surface area (Å²) in [6, 6.07) is 4.41. The van der Waals surface area contributed by atoms with Crippen molar-refractivity contribution in [2.75, 3.05) is 26.5 Å². The number of rotatable bonds is 9. The van der Waals surface area contributed by atoms with Crippen LogP contribution in [0.15, 0.2) is 24.3 Å². The zero-order chi connectivity index (χ0) is 25.3. The molecule has 0 saturated carbocycles. The molecule has 1 N–H and O–H groups in total. The lowest BCUT2D eigenvalue weighted by atomic mass is 10.0. The number of Topliss-reactive ketones (excluding diaryl/α,β-unsaturated/α-hetero) is 1. The van der Waals surface area contributed by atoms with Crippen LogP contribution in [0.4, 0.5) is 4.79 Å². The van der Waals surface area contributed by atoms with Crippen LogP contribution in [-0.2, 0) is 28.7 Å². The average Bonchev–Trinajstić information content (AvgIpc) is 2.79. The van der Waals surface area contributed by atoms with Crippen molar-refractivity contribution in [2.24, 2.45) is 0 Å². The molecule has 1 unspecified atom stereocenters. The molecule has 0 spiro atoms. The SMILES string of the molecule is CC(=O)OCOC(=O)N1CCC(ON(C(C)=O)C(CO)C(=O)c2ccc(OC(C)=O)cc2)CC1. The second kappa shape index (κ2) is 12.7. The maximum Gasteiger partial charge on any atom is 0.412 e. The maximum absolute atomic E-state index is 12.9. The molecule has 186 valence electrons. The molecule has 1 aromatic carbocycles. The summed E-state index contributed by atoms with van der Waals surface area (Å²) in [4.78, 5) is 66.1. The molecule has 12 nitrogen and oxygen atoms in total. The van der Waals surface area contributed by atoms with Crippen LogP contribution in [-0.4, -0.2) is 83.4 Å². The number of ketones is 1. The minimum Gasteiger partial charge on any atom is -0.428 e. The Kier molecular flexibility index (Phi) is 9.95. The molecule has 12 heteroatoms. The van der Waals surface area contributed by atoms with Crippen molar-refractivity contribution in [3.8, 4) is 5.75 Å². The fraction of sp³-hybridized carbons (Fsp3) is 0.500. The van der Waals surface area contributed by atoms with Gasteiger partial charge in [0.2, 0.25) is 12.7 Å². The van der Waals surface area contributed by atoms with Gasteiger partial charge in [-0.1, -0.05) is 0 Å². The number of likely N-dealkylation sites (tertiary alicyclic amines) is 1. The Morgan fingerprint density at radius 1 is 1.00 bits per heavy atom. The number of hydrogen-bond donors (Lipinski definition) is 1. The number of benzene rings is 1. The number of nitrogens with zero attached hydrogens (tertiary/aromatic N) is 2. The number of carbonyl (C=O) groups is 5. The summed E-state index contributed by atoms with van der Waals surface area (Å²) in [7, 11) is 0. The molecule has 1 atom stereocenters. The van der Waals surface area contributed by atoms with Gasteiger partial charge < -0.3 is 24.2 Å². The Morgan fingerprint density at radius 2 is 1.62 bits per heavy atom. The van der Waals surface area contributed by atoms with Crippen molar-refractivity contribution in [1.29, 1.82) is 0 Å². The lowest BCUT2D eigenvalue weighted by Crippen LogP contribution is -2.50. The van der Waals surface area contributed by atoms with Gasteiger partial charge in [0.15, 0.2) is 5.78 Å². The van der Waals surface area contributed by atoms with Gasteiger partial charge in [0.1, 0.15) is 11.8 Å². The minimum atomic E-state index is -1.29. The Balaban J connectivity index is 1.97. The number of aliphatic hydroxyl groups is 1. The molecule has 0 aliphatic carbocycles. The van der Waals surface area contributed by atoms with Crippen LogP contribution in [0.1, 0.15) is 44.0 Å². The van der Waals surface area contributed by atoms with Crippen molar-refractivity contribution in [1.82, 2.24) is 9.96 Å². The van der Waals surface area contributed by atoms with E-state index in [9.17, 15) is 29.1 Å². The molecule has 0 radical (unpaired) electrons. The number of hydrogen-bond acceptors (Lipinski definition) is 10. The van der Waals surface area contributed by atoms with E-state index in [1.165, 1.54) is 49.9 Å². The minimum absolute atomic E-state index is 0.190. The van der Waals surface area contributed by atoms with Crippen LogP contribution in [0.5, 0.6) is 5.75 Å². The van der Waals surface area contributed by atoms with E-state index in [0.29, 0.717) is 12.8 Å². The lowest BCUT2D eigenvalue weighted by Gasteiger charge is -2.35. The van der Waals surface area contributed by atoms with Gasteiger partial charge in [-0.25, -0.2) is 9.86 Å². The normalized spacial score (nSPS) is 14.6. The summed E-state index contributed by atoms with van der Waals surface area (Å²) >= 11 is 0. The third-order valence-corrected chi connectivity index (χ3v) is 4.88. The monoisotopic (exact) mass is 480 g/mol. The lowest BCUT2D eigenvalue weighted by molar-refractivity contribution is -0.222. The fourth-order valence-electron chi connectivity index (χ4n) is 3.23. The molecule has 1 aliphatic heterocycles. The molecule has 1 fully saturated rings. The highest BCUT2D eigenvalue weighted by atomic mass is 16.7. The van der Waals surface area contributed by atoms with Gasteiger partial charge in [-0.05, 0) is 37.1 Å². The molecule has 2 amide bonds. The van der Waals surface area contributed by atoms with E-state index >= 15 is 0 Å². The molecule has 1 heterocycles. The maximum atomic E-state index is 12.9. The van der Waals surface area contributed by atoms with Crippen molar-refractivity contribution in [3.63, 3.8) is 0 Å². The Hall–Kier alpha value is -3.51. The third-order valence-electron chi connectivity index (χ3n) is 4.88. The van der Waals surface area contributed by atoms with E-state index in [0.717, 1.165) is 5.06 Å². The molecular weight excluding hydrogens is 452 g/mol. The molecule has 0 bridgehead atoms. The number of carbonyl (C=O) groups excluding carboxylic acids is 5. The number of amides is 2. The number of piperidine rings is 1. The molecule has 1 aliphatic rings.